The van der Waals surface area contributed by atoms with E-state index in [0.29, 0.717) is 32.8 Å². The third-order valence-electron chi connectivity index (χ3n) is 3.26. The maximum atomic E-state index is 12.1. The summed E-state index contributed by atoms with van der Waals surface area (Å²) in [5.41, 5.74) is 1.63. The largest absolute Gasteiger partial charge is 0.465 e. The number of nitrogens with zero attached hydrogens (tertiary/aromatic N) is 1. The van der Waals surface area contributed by atoms with Crippen molar-refractivity contribution in [1.29, 1.82) is 0 Å². The van der Waals surface area contributed by atoms with Crippen molar-refractivity contribution < 1.29 is 9.53 Å². The molecule has 1 heterocycles. The van der Waals surface area contributed by atoms with Crippen LogP contribution in [0.25, 0.3) is 11.3 Å². The summed E-state index contributed by atoms with van der Waals surface area (Å²) < 4.78 is 9.31. The van der Waals surface area contributed by atoms with Gasteiger partial charge in [0.25, 0.3) is 0 Å². The summed E-state index contributed by atoms with van der Waals surface area (Å²) in [5, 5.41) is 0.964. The van der Waals surface area contributed by atoms with Crippen molar-refractivity contribution in [2.75, 3.05) is 7.11 Å². The monoisotopic (exact) mass is 327 g/mol. The zero-order chi connectivity index (χ0) is 14.3. The van der Waals surface area contributed by atoms with Crippen LogP contribution in [-0.4, -0.2) is 17.5 Å². The molecule has 0 saturated heterocycles. The van der Waals surface area contributed by atoms with Gasteiger partial charge in [0, 0.05) is 10.4 Å². The van der Waals surface area contributed by atoms with Crippen LogP contribution in [0.5, 0.6) is 0 Å². The molecule has 0 amide bonds. The van der Waals surface area contributed by atoms with E-state index in [4.69, 9.17) is 27.9 Å². The first-order valence-corrected chi connectivity index (χ1v) is 7.68. The minimum atomic E-state index is -0.383. The van der Waals surface area contributed by atoms with Gasteiger partial charge in [-0.3, -0.25) is 0 Å². The summed E-state index contributed by atoms with van der Waals surface area (Å²) >= 11 is 13.8. The Morgan fingerprint density at radius 1 is 1.35 bits per heavy atom. The SMILES string of the molecule is COC(=O)c1c(-c2c(Cl)cccc2Cl)nsc1C1CC1. The smallest absolute Gasteiger partial charge is 0.341 e. The highest BCUT2D eigenvalue weighted by molar-refractivity contribution is 7.06. The third-order valence-corrected chi connectivity index (χ3v) is 4.89. The van der Waals surface area contributed by atoms with Gasteiger partial charge in [0.2, 0.25) is 0 Å². The number of aromatic nitrogens is 1. The van der Waals surface area contributed by atoms with Crippen LogP contribution in [0.3, 0.4) is 0 Å². The lowest BCUT2D eigenvalue weighted by atomic mass is 10.0. The molecule has 1 aromatic heterocycles. The molecule has 0 atom stereocenters. The second-order valence-electron chi connectivity index (χ2n) is 4.63. The van der Waals surface area contributed by atoms with Crippen LogP contribution in [0.4, 0.5) is 0 Å². The fraction of sp³-hybridized carbons (Fsp3) is 0.286. The molecule has 1 aromatic carbocycles. The Morgan fingerprint density at radius 3 is 2.55 bits per heavy atom. The second-order valence-corrected chi connectivity index (χ2v) is 6.25. The van der Waals surface area contributed by atoms with Crippen LogP contribution in [0, 0.1) is 0 Å². The van der Waals surface area contributed by atoms with E-state index < -0.39 is 0 Å². The molecule has 20 heavy (non-hydrogen) atoms. The topological polar surface area (TPSA) is 39.2 Å². The Morgan fingerprint density at radius 2 is 2.00 bits per heavy atom. The van der Waals surface area contributed by atoms with Crippen molar-refractivity contribution in [3.05, 3.63) is 38.7 Å². The molecule has 1 fully saturated rings. The molecule has 0 unspecified atom stereocenters. The number of carbonyl (C=O) groups excluding carboxylic acids is 1. The molecule has 1 saturated carbocycles. The van der Waals surface area contributed by atoms with E-state index >= 15 is 0 Å². The van der Waals surface area contributed by atoms with Crippen molar-refractivity contribution in [3.8, 4) is 11.3 Å². The minimum Gasteiger partial charge on any atom is -0.465 e. The Bertz CT molecular complexity index is 660. The van der Waals surface area contributed by atoms with Crippen LogP contribution < -0.4 is 0 Å². The van der Waals surface area contributed by atoms with Crippen LogP contribution in [0.2, 0.25) is 10.0 Å². The maximum absolute atomic E-state index is 12.1. The Balaban J connectivity index is 2.21. The zero-order valence-electron chi connectivity index (χ0n) is 10.7. The average Bonchev–Trinajstić information content (AvgIpc) is 3.18. The number of methoxy groups -OCH3 is 1. The number of carbonyl (C=O) groups is 1. The van der Waals surface area contributed by atoms with Gasteiger partial charge in [0.05, 0.1) is 17.2 Å². The first-order valence-electron chi connectivity index (χ1n) is 6.15. The highest BCUT2D eigenvalue weighted by atomic mass is 35.5. The molecule has 0 N–H and O–H groups in total. The average molecular weight is 328 g/mol. The number of ether oxygens (including phenoxy) is 1. The summed E-state index contributed by atoms with van der Waals surface area (Å²) in [6, 6.07) is 5.24. The van der Waals surface area contributed by atoms with E-state index in [0.717, 1.165) is 17.7 Å². The maximum Gasteiger partial charge on any atom is 0.341 e. The Labute approximate surface area is 130 Å². The van der Waals surface area contributed by atoms with Crippen molar-refractivity contribution in [2.24, 2.45) is 0 Å². The highest BCUT2D eigenvalue weighted by Gasteiger charge is 2.34. The molecule has 1 aliphatic carbocycles. The van der Waals surface area contributed by atoms with E-state index in [2.05, 4.69) is 4.37 Å². The van der Waals surface area contributed by atoms with Gasteiger partial charge >= 0.3 is 5.97 Å². The molecular formula is C14H11Cl2NO2S. The molecule has 3 rings (SSSR count). The zero-order valence-corrected chi connectivity index (χ0v) is 13.0. The summed E-state index contributed by atoms with van der Waals surface area (Å²) in [6.45, 7) is 0. The van der Waals surface area contributed by atoms with Crippen molar-refractivity contribution in [2.45, 2.75) is 18.8 Å². The molecular weight excluding hydrogens is 317 g/mol. The lowest BCUT2D eigenvalue weighted by molar-refractivity contribution is 0.0601. The predicted octanol–water partition coefficient (Wildman–Crippen LogP) is 4.78. The van der Waals surface area contributed by atoms with E-state index in [1.165, 1.54) is 18.6 Å². The van der Waals surface area contributed by atoms with Gasteiger partial charge < -0.3 is 4.74 Å². The fourth-order valence-corrected chi connectivity index (χ4v) is 3.73. The second kappa shape index (κ2) is 5.35. The van der Waals surface area contributed by atoms with Crippen LogP contribution in [0.15, 0.2) is 18.2 Å². The van der Waals surface area contributed by atoms with Crippen molar-refractivity contribution in [3.63, 3.8) is 0 Å². The number of hydrogen-bond donors (Lipinski definition) is 0. The molecule has 0 spiro atoms. The normalized spacial score (nSPS) is 14.3. The third kappa shape index (κ3) is 2.32. The Kier molecular flexibility index (Phi) is 3.71. The predicted molar refractivity (Wildman–Crippen MR) is 80.9 cm³/mol. The van der Waals surface area contributed by atoms with Gasteiger partial charge in [0.15, 0.2) is 0 Å². The minimum absolute atomic E-state index is 0.383. The van der Waals surface area contributed by atoms with E-state index in [-0.39, 0.29) is 5.97 Å². The molecule has 6 heteroatoms. The Hall–Kier alpha value is -1.10. The number of hydrogen-bond acceptors (Lipinski definition) is 4. The first kappa shape index (κ1) is 13.9. The van der Waals surface area contributed by atoms with Gasteiger partial charge in [-0.25, -0.2) is 4.79 Å². The standard InChI is InChI=1S/C14H11Cl2NO2S/c1-19-14(18)11-12(17-20-13(11)7-5-6-7)10-8(15)3-2-4-9(10)16/h2-4,7H,5-6H2,1H3. The van der Waals surface area contributed by atoms with Crippen molar-refractivity contribution >= 4 is 40.7 Å². The number of halogens is 2. The van der Waals surface area contributed by atoms with Gasteiger partial charge in [-0.05, 0) is 42.4 Å². The number of esters is 1. The highest BCUT2D eigenvalue weighted by Crippen LogP contribution is 2.47. The molecule has 0 aliphatic heterocycles. The summed E-state index contributed by atoms with van der Waals surface area (Å²) in [5.74, 6) is 0.0308. The van der Waals surface area contributed by atoms with Gasteiger partial charge in [-0.2, -0.15) is 4.37 Å². The van der Waals surface area contributed by atoms with E-state index in [1.807, 2.05) is 0 Å². The first-order chi connectivity index (χ1) is 9.63. The summed E-state index contributed by atoms with van der Waals surface area (Å²) in [7, 11) is 1.37. The van der Waals surface area contributed by atoms with Crippen LogP contribution in [0.1, 0.15) is 34.0 Å². The quantitative estimate of drug-likeness (QED) is 0.761. The van der Waals surface area contributed by atoms with Gasteiger partial charge in [0.1, 0.15) is 11.3 Å². The molecule has 1 aliphatic rings. The molecule has 104 valence electrons. The van der Waals surface area contributed by atoms with Crippen LogP contribution in [-0.2, 0) is 4.74 Å². The molecule has 2 aromatic rings. The molecule has 0 bridgehead atoms. The van der Waals surface area contributed by atoms with E-state index in [9.17, 15) is 4.79 Å². The lowest BCUT2D eigenvalue weighted by Gasteiger charge is -2.07. The van der Waals surface area contributed by atoms with Crippen molar-refractivity contribution in [1.82, 2.24) is 4.37 Å². The summed E-state index contributed by atoms with van der Waals surface area (Å²) in [4.78, 5) is 13.1. The van der Waals surface area contributed by atoms with Gasteiger partial charge in [-0.15, -0.1) is 0 Å². The molecule has 3 nitrogen and oxygen atoms in total. The van der Waals surface area contributed by atoms with Gasteiger partial charge in [-0.1, -0.05) is 29.3 Å². The number of rotatable bonds is 3. The number of benzene rings is 1. The summed E-state index contributed by atoms with van der Waals surface area (Å²) in [6.07, 6.45) is 2.17. The molecule has 0 radical (unpaired) electrons. The van der Waals surface area contributed by atoms with E-state index in [1.54, 1.807) is 18.2 Å². The fourth-order valence-electron chi connectivity index (χ4n) is 2.12. The lowest BCUT2D eigenvalue weighted by Crippen LogP contribution is -2.05. The van der Waals surface area contributed by atoms with Crippen LogP contribution >= 0.6 is 34.7 Å².